The van der Waals surface area contributed by atoms with Crippen LogP contribution in [0.3, 0.4) is 0 Å². The predicted molar refractivity (Wildman–Crippen MR) is 54.9 cm³/mol. The fourth-order valence-electron chi connectivity index (χ4n) is 0.996. The Morgan fingerprint density at radius 2 is 2.14 bits per heavy atom. The second-order valence-corrected chi connectivity index (χ2v) is 3.63. The molecule has 74 valence electrons. The molecule has 0 aromatic heterocycles. The average Bonchev–Trinajstić information content (AvgIpc) is 2.08. The Morgan fingerprint density at radius 1 is 1.50 bits per heavy atom. The lowest BCUT2D eigenvalue weighted by atomic mass is 10.1. The molecule has 3 N–H and O–H groups in total. The summed E-state index contributed by atoms with van der Waals surface area (Å²) >= 11 is 3.18. The van der Waals surface area contributed by atoms with E-state index in [1.54, 1.807) is 6.07 Å². The molecule has 1 rings (SSSR count). The van der Waals surface area contributed by atoms with Gasteiger partial charge in [0.25, 0.3) is 0 Å². The quantitative estimate of drug-likeness (QED) is 0.725. The number of halogens is 1. The maximum atomic E-state index is 10.3. The summed E-state index contributed by atoms with van der Waals surface area (Å²) in [4.78, 5) is 10.3. The van der Waals surface area contributed by atoms with Crippen LogP contribution >= 0.6 is 15.9 Å². The van der Waals surface area contributed by atoms with Crippen LogP contribution in [0, 0.1) is 5.41 Å². The van der Waals surface area contributed by atoms with Gasteiger partial charge in [0.15, 0.2) is 0 Å². The maximum absolute atomic E-state index is 10.3. The summed E-state index contributed by atoms with van der Waals surface area (Å²) in [5, 5.41) is 25.3. The van der Waals surface area contributed by atoms with E-state index in [0.29, 0.717) is 4.47 Å². The molecule has 0 spiro atoms. The maximum Gasteiger partial charge on any atom is 0.309 e. The summed E-state index contributed by atoms with van der Waals surface area (Å²) < 4.78 is 0.695. The van der Waals surface area contributed by atoms with Crippen molar-refractivity contribution in [3.63, 3.8) is 0 Å². The van der Waals surface area contributed by atoms with Crippen LogP contribution in [0.25, 0.3) is 0 Å². The van der Waals surface area contributed by atoms with Crippen molar-refractivity contribution in [1.82, 2.24) is 0 Å². The minimum atomic E-state index is -1.09. The van der Waals surface area contributed by atoms with E-state index in [9.17, 15) is 9.90 Å². The highest BCUT2D eigenvalue weighted by Crippen LogP contribution is 2.22. The minimum Gasteiger partial charge on any atom is -0.507 e. The number of nitrogens with one attached hydrogen (secondary N) is 1. The Bertz CT molecular complexity index is 390. The number of phenolic OH excluding ortho intramolecular Hbond substituents is 1. The van der Waals surface area contributed by atoms with Crippen molar-refractivity contribution in [2.75, 3.05) is 0 Å². The molecule has 0 fully saturated rings. The fourth-order valence-corrected chi connectivity index (χ4v) is 1.36. The number of aliphatic carboxylic acids is 1. The van der Waals surface area contributed by atoms with Gasteiger partial charge in [0, 0.05) is 10.0 Å². The van der Waals surface area contributed by atoms with Gasteiger partial charge in [-0.05, 0) is 18.2 Å². The van der Waals surface area contributed by atoms with Crippen LogP contribution in [0.5, 0.6) is 5.75 Å². The summed E-state index contributed by atoms with van der Waals surface area (Å²) in [5.74, 6) is -1.17. The fraction of sp³-hybridized carbons (Fsp3) is 0.111. The number of carbonyl (C=O) groups is 1. The molecule has 4 nitrogen and oxygen atoms in total. The largest absolute Gasteiger partial charge is 0.507 e. The Labute approximate surface area is 88.8 Å². The third-order valence-corrected chi connectivity index (χ3v) is 2.10. The van der Waals surface area contributed by atoms with Crippen molar-refractivity contribution in [2.24, 2.45) is 0 Å². The number of benzene rings is 1. The van der Waals surface area contributed by atoms with E-state index in [0.717, 1.165) is 0 Å². The van der Waals surface area contributed by atoms with E-state index in [4.69, 9.17) is 10.5 Å². The molecule has 1 aromatic carbocycles. The van der Waals surface area contributed by atoms with Crippen LogP contribution in [0.2, 0.25) is 0 Å². The van der Waals surface area contributed by atoms with E-state index in [1.807, 2.05) is 0 Å². The molecular formula is C9H8BrNO3. The van der Waals surface area contributed by atoms with Gasteiger partial charge in [-0.2, -0.15) is 0 Å². The number of aromatic hydroxyl groups is 1. The van der Waals surface area contributed by atoms with Crippen LogP contribution in [-0.2, 0) is 4.79 Å². The molecule has 0 bridgehead atoms. The summed E-state index contributed by atoms with van der Waals surface area (Å²) in [7, 11) is 0. The van der Waals surface area contributed by atoms with Crippen LogP contribution in [0.1, 0.15) is 12.0 Å². The number of carboxylic acid groups (broad SMARTS) is 1. The zero-order chi connectivity index (χ0) is 10.7. The molecule has 0 unspecified atom stereocenters. The Morgan fingerprint density at radius 3 is 2.71 bits per heavy atom. The number of hydrogen-bond donors (Lipinski definition) is 3. The average molecular weight is 258 g/mol. The molecule has 0 atom stereocenters. The Balaban J connectivity index is 3.00. The van der Waals surface area contributed by atoms with Crippen LogP contribution in [-0.4, -0.2) is 21.9 Å². The van der Waals surface area contributed by atoms with Crippen molar-refractivity contribution in [1.29, 1.82) is 5.41 Å². The number of phenols is 1. The first kappa shape index (κ1) is 10.7. The normalized spacial score (nSPS) is 9.79. The number of hydrogen-bond acceptors (Lipinski definition) is 3. The van der Waals surface area contributed by atoms with Crippen molar-refractivity contribution in [3.8, 4) is 5.75 Å². The first-order chi connectivity index (χ1) is 6.50. The number of carboxylic acids is 1. The van der Waals surface area contributed by atoms with Crippen molar-refractivity contribution >= 4 is 27.6 Å². The highest BCUT2D eigenvalue weighted by molar-refractivity contribution is 9.10. The molecule has 0 amide bonds. The van der Waals surface area contributed by atoms with Gasteiger partial charge in [-0.1, -0.05) is 15.9 Å². The van der Waals surface area contributed by atoms with Gasteiger partial charge in [-0.15, -0.1) is 0 Å². The van der Waals surface area contributed by atoms with Crippen molar-refractivity contribution < 1.29 is 15.0 Å². The Hall–Kier alpha value is -1.36. The highest BCUT2D eigenvalue weighted by atomic mass is 79.9. The molecule has 5 heteroatoms. The summed E-state index contributed by atoms with van der Waals surface area (Å²) in [6, 6.07) is 4.54. The number of rotatable bonds is 3. The third kappa shape index (κ3) is 2.56. The molecule has 0 saturated heterocycles. The molecule has 1 aromatic rings. The van der Waals surface area contributed by atoms with Gasteiger partial charge in [-0.25, -0.2) is 0 Å². The van der Waals surface area contributed by atoms with Crippen molar-refractivity contribution in [2.45, 2.75) is 6.42 Å². The molecular weight excluding hydrogens is 250 g/mol. The van der Waals surface area contributed by atoms with Crippen molar-refractivity contribution in [3.05, 3.63) is 28.2 Å². The molecule has 0 radical (unpaired) electrons. The highest BCUT2D eigenvalue weighted by Gasteiger charge is 2.11. The van der Waals surface area contributed by atoms with E-state index in [-0.39, 0.29) is 17.0 Å². The lowest BCUT2D eigenvalue weighted by Crippen LogP contribution is -2.07. The van der Waals surface area contributed by atoms with E-state index in [1.165, 1.54) is 12.1 Å². The second kappa shape index (κ2) is 4.23. The van der Waals surface area contributed by atoms with E-state index in [2.05, 4.69) is 15.9 Å². The zero-order valence-electron chi connectivity index (χ0n) is 7.12. The summed E-state index contributed by atoms with van der Waals surface area (Å²) in [6.45, 7) is 0. The Kier molecular flexibility index (Phi) is 3.24. The van der Waals surface area contributed by atoms with Crippen LogP contribution in [0.4, 0.5) is 0 Å². The van der Waals surface area contributed by atoms with Gasteiger partial charge < -0.3 is 15.6 Å². The van der Waals surface area contributed by atoms with Gasteiger partial charge in [0.05, 0.1) is 12.1 Å². The first-order valence-corrected chi connectivity index (χ1v) is 4.58. The van der Waals surface area contributed by atoms with Gasteiger partial charge in [0.2, 0.25) is 0 Å². The van der Waals surface area contributed by atoms with E-state index >= 15 is 0 Å². The molecule has 14 heavy (non-hydrogen) atoms. The minimum absolute atomic E-state index is 0.0838. The smallest absolute Gasteiger partial charge is 0.309 e. The van der Waals surface area contributed by atoms with Gasteiger partial charge in [0.1, 0.15) is 5.75 Å². The zero-order valence-corrected chi connectivity index (χ0v) is 8.71. The summed E-state index contributed by atoms with van der Waals surface area (Å²) in [6.07, 6.45) is -0.399. The third-order valence-electron chi connectivity index (χ3n) is 1.61. The lowest BCUT2D eigenvalue weighted by molar-refractivity contribution is -0.135. The predicted octanol–water partition coefficient (Wildman–Crippen LogP) is 2.00. The van der Waals surface area contributed by atoms with Gasteiger partial charge >= 0.3 is 5.97 Å². The first-order valence-electron chi connectivity index (χ1n) is 3.79. The molecule has 0 aliphatic heterocycles. The summed E-state index contributed by atoms with van der Waals surface area (Å²) in [5.41, 5.74) is 0.123. The van der Waals surface area contributed by atoms with Crippen LogP contribution < -0.4 is 0 Å². The lowest BCUT2D eigenvalue weighted by Gasteiger charge is -2.04. The standard InChI is InChI=1S/C9H8BrNO3/c10-5-1-2-8(12)6(3-5)7(11)4-9(13)14/h1-3,11-12H,4H2,(H,13,14). The van der Waals surface area contributed by atoms with Gasteiger partial charge in [-0.3, -0.25) is 4.79 Å². The SMILES string of the molecule is N=C(CC(=O)O)c1cc(Br)ccc1O. The molecule has 0 heterocycles. The monoisotopic (exact) mass is 257 g/mol. The van der Waals surface area contributed by atoms with E-state index < -0.39 is 12.4 Å². The molecule has 0 aliphatic rings. The van der Waals surface area contributed by atoms with Crippen LogP contribution in [0.15, 0.2) is 22.7 Å². The topological polar surface area (TPSA) is 81.4 Å². The molecule has 0 saturated carbocycles. The molecule has 0 aliphatic carbocycles. The second-order valence-electron chi connectivity index (χ2n) is 2.71.